The van der Waals surface area contributed by atoms with Crippen LogP contribution in [0, 0.1) is 23.3 Å². The number of halogens is 4. The number of rotatable bonds is 4. The van der Waals surface area contributed by atoms with E-state index in [0.29, 0.717) is 24.7 Å². The van der Waals surface area contributed by atoms with E-state index < -0.39 is 28.8 Å². The van der Waals surface area contributed by atoms with Gasteiger partial charge in [-0.15, -0.1) is 0 Å². The zero-order chi connectivity index (χ0) is 23.2. The molecule has 0 saturated carbocycles. The van der Waals surface area contributed by atoms with E-state index >= 15 is 0 Å². The molecule has 3 N–H and O–H groups in total. The summed E-state index contributed by atoms with van der Waals surface area (Å²) in [4.78, 5) is 22.5. The summed E-state index contributed by atoms with van der Waals surface area (Å²) >= 11 is 0. The minimum Gasteiger partial charge on any atom is -0.327 e. The number of pyridine rings is 1. The van der Waals surface area contributed by atoms with Crippen molar-refractivity contribution in [3.63, 3.8) is 0 Å². The number of nitrogens with one attached hydrogen (secondary N) is 1. The molecule has 1 aromatic carbocycles. The van der Waals surface area contributed by atoms with Gasteiger partial charge in [0.15, 0.2) is 17.5 Å². The zero-order valence-corrected chi connectivity index (χ0v) is 17.3. The van der Waals surface area contributed by atoms with E-state index in [0.717, 1.165) is 18.3 Å². The summed E-state index contributed by atoms with van der Waals surface area (Å²) in [5.41, 5.74) is 4.75. The number of imidazole rings is 1. The van der Waals surface area contributed by atoms with Gasteiger partial charge in [-0.3, -0.25) is 4.79 Å². The number of nitrogens with two attached hydrogens (primary N) is 1. The van der Waals surface area contributed by atoms with Gasteiger partial charge in [-0.05, 0) is 38.1 Å². The van der Waals surface area contributed by atoms with Gasteiger partial charge < -0.3 is 20.5 Å². The van der Waals surface area contributed by atoms with Crippen molar-refractivity contribution in [1.29, 1.82) is 0 Å². The molecule has 0 aliphatic carbocycles. The van der Waals surface area contributed by atoms with E-state index in [1.165, 1.54) is 12.1 Å². The van der Waals surface area contributed by atoms with Gasteiger partial charge in [0.2, 0.25) is 5.91 Å². The molecule has 0 bridgehead atoms. The number of carbonyl (C=O) groups excluding carboxylic acids is 1. The monoisotopic (exact) mass is 448 g/mol. The van der Waals surface area contributed by atoms with Crippen LogP contribution in [0.15, 0.2) is 30.5 Å². The lowest BCUT2D eigenvalue weighted by atomic mass is 9.99. The van der Waals surface area contributed by atoms with Gasteiger partial charge in [0, 0.05) is 18.7 Å². The number of hydrogen-bond donors (Lipinski definition) is 2. The first-order chi connectivity index (χ1) is 15.1. The molecule has 1 amide bonds. The number of fused-ring (bicyclic) bond motifs is 1. The van der Waals surface area contributed by atoms with Crippen LogP contribution in [0.25, 0.3) is 11.3 Å². The first-order valence-electron chi connectivity index (χ1n) is 9.78. The lowest BCUT2D eigenvalue weighted by Crippen LogP contribution is -2.53. The average molecular weight is 448 g/mol. The molecule has 3 heterocycles. The lowest BCUT2D eigenvalue weighted by Gasteiger charge is -2.42. The van der Waals surface area contributed by atoms with E-state index in [9.17, 15) is 22.4 Å². The van der Waals surface area contributed by atoms with Crippen LogP contribution >= 0.6 is 0 Å². The lowest BCUT2D eigenvalue weighted by molar-refractivity contribution is -0.137. The predicted molar refractivity (Wildman–Crippen MR) is 109 cm³/mol. The standard InChI is InChI=1S/C21H20F4N6O/c1-21(2)20-29-18(11-7-13(23)17(25)14(24)8-11)19(28-15-4-3-12(22)10-27-15)30(20)5-6-31(21)16(32)9-26/h3-4,7-8,10H,5-6,9,26H2,1-2H3,(H,27,28). The zero-order valence-electron chi connectivity index (χ0n) is 17.3. The van der Waals surface area contributed by atoms with Crippen molar-refractivity contribution in [2.45, 2.75) is 25.9 Å². The minimum atomic E-state index is -1.59. The molecule has 0 unspecified atom stereocenters. The first kappa shape index (κ1) is 21.8. The van der Waals surface area contributed by atoms with Crippen LogP contribution in [0.1, 0.15) is 19.7 Å². The third kappa shape index (κ3) is 3.58. The molecule has 3 aromatic rings. The quantitative estimate of drug-likeness (QED) is 0.472. The molecule has 0 saturated heterocycles. The Bertz CT molecular complexity index is 1170. The van der Waals surface area contributed by atoms with Crippen molar-refractivity contribution in [2.24, 2.45) is 5.73 Å². The summed E-state index contributed by atoms with van der Waals surface area (Å²) < 4.78 is 56.6. The highest BCUT2D eigenvalue weighted by atomic mass is 19.2. The molecular formula is C21H20F4N6O. The number of amides is 1. The maximum atomic E-state index is 14.0. The fourth-order valence-corrected chi connectivity index (χ4v) is 3.88. The SMILES string of the molecule is CC1(C)c2nc(-c3cc(F)c(F)c(F)c3)c(Nc3ccc(F)cn3)n2CCN1C(=O)CN. The van der Waals surface area contributed by atoms with Crippen LogP contribution in [0.2, 0.25) is 0 Å². The first-order valence-corrected chi connectivity index (χ1v) is 9.78. The highest BCUT2D eigenvalue weighted by Gasteiger charge is 2.41. The van der Waals surface area contributed by atoms with Crippen LogP contribution in [0.5, 0.6) is 0 Å². The van der Waals surface area contributed by atoms with Gasteiger partial charge in [0.05, 0.1) is 18.3 Å². The molecular weight excluding hydrogens is 428 g/mol. The van der Waals surface area contributed by atoms with Gasteiger partial charge in [-0.2, -0.15) is 0 Å². The molecule has 7 nitrogen and oxygen atoms in total. The van der Waals surface area contributed by atoms with Crippen LogP contribution < -0.4 is 11.1 Å². The molecule has 2 aromatic heterocycles. The summed E-state index contributed by atoms with van der Waals surface area (Å²) in [6.45, 7) is 3.97. The average Bonchev–Trinajstić information content (AvgIpc) is 3.12. The fraction of sp³-hybridized carbons (Fsp3) is 0.286. The molecule has 0 spiro atoms. The molecule has 11 heteroatoms. The Labute approximate surface area is 180 Å². The van der Waals surface area contributed by atoms with Gasteiger partial charge in [-0.1, -0.05) is 0 Å². The topological polar surface area (TPSA) is 89.1 Å². The molecule has 1 aliphatic rings. The molecule has 4 rings (SSSR count). The maximum absolute atomic E-state index is 14.0. The third-order valence-electron chi connectivity index (χ3n) is 5.44. The van der Waals surface area contributed by atoms with Gasteiger partial charge >= 0.3 is 0 Å². The normalized spacial score (nSPS) is 14.9. The number of benzene rings is 1. The number of anilines is 2. The second kappa shape index (κ2) is 7.90. The van der Waals surface area contributed by atoms with E-state index in [-0.39, 0.29) is 29.5 Å². The van der Waals surface area contributed by atoms with E-state index in [1.54, 1.807) is 23.3 Å². The summed E-state index contributed by atoms with van der Waals surface area (Å²) in [7, 11) is 0. The number of hydrogen-bond acceptors (Lipinski definition) is 5. The fourth-order valence-electron chi connectivity index (χ4n) is 3.88. The second-order valence-corrected chi connectivity index (χ2v) is 7.83. The Hall–Kier alpha value is -3.47. The van der Waals surface area contributed by atoms with E-state index in [2.05, 4.69) is 15.3 Å². The Balaban J connectivity index is 1.90. The molecule has 168 valence electrons. The van der Waals surface area contributed by atoms with Crippen molar-refractivity contribution in [2.75, 3.05) is 18.4 Å². The highest BCUT2D eigenvalue weighted by Crippen LogP contribution is 2.39. The van der Waals surface area contributed by atoms with Crippen LogP contribution in [0.3, 0.4) is 0 Å². The Morgan fingerprint density at radius 1 is 1.16 bits per heavy atom. The van der Waals surface area contributed by atoms with Crippen molar-refractivity contribution in [3.8, 4) is 11.3 Å². The van der Waals surface area contributed by atoms with E-state index in [1.807, 2.05) is 0 Å². The Morgan fingerprint density at radius 2 is 1.84 bits per heavy atom. The van der Waals surface area contributed by atoms with Gasteiger partial charge in [0.25, 0.3) is 0 Å². The Morgan fingerprint density at radius 3 is 2.44 bits per heavy atom. The summed E-state index contributed by atoms with van der Waals surface area (Å²) in [5, 5.41) is 3.01. The number of nitrogens with zero attached hydrogens (tertiary/aromatic N) is 4. The molecule has 1 aliphatic heterocycles. The van der Waals surface area contributed by atoms with Crippen molar-refractivity contribution in [1.82, 2.24) is 19.4 Å². The highest BCUT2D eigenvalue weighted by molar-refractivity contribution is 5.80. The minimum absolute atomic E-state index is 0.0135. The summed E-state index contributed by atoms with van der Waals surface area (Å²) in [5.74, 6) is -4.13. The second-order valence-electron chi connectivity index (χ2n) is 7.83. The number of aromatic nitrogens is 3. The van der Waals surface area contributed by atoms with E-state index in [4.69, 9.17) is 5.73 Å². The van der Waals surface area contributed by atoms with Gasteiger partial charge in [0.1, 0.15) is 29.0 Å². The van der Waals surface area contributed by atoms with Crippen molar-refractivity contribution >= 4 is 17.5 Å². The Kier molecular flexibility index (Phi) is 5.37. The maximum Gasteiger partial charge on any atom is 0.237 e. The number of carbonyl (C=O) groups is 1. The van der Waals surface area contributed by atoms with Crippen LogP contribution in [-0.4, -0.2) is 38.4 Å². The van der Waals surface area contributed by atoms with Crippen molar-refractivity contribution in [3.05, 3.63) is 59.6 Å². The smallest absolute Gasteiger partial charge is 0.237 e. The molecule has 0 radical (unpaired) electrons. The molecule has 32 heavy (non-hydrogen) atoms. The predicted octanol–water partition coefficient (Wildman–Crippen LogP) is 3.28. The summed E-state index contributed by atoms with van der Waals surface area (Å²) in [6.07, 6.45) is 1.01. The largest absolute Gasteiger partial charge is 0.327 e. The third-order valence-corrected chi connectivity index (χ3v) is 5.44. The molecule has 0 atom stereocenters. The van der Waals surface area contributed by atoms with Crippen molar-refractivity contribution < 1.29 is 22.4 Å². The van der Waals surface area contributed by atoms with Crippen LogP contribution in [0.4, 0.5) is 29.2 Å². The summed E-state index contributed by atoms with van der Waals surface area (Å²) in [6, 6.07) is 4.27. The van der Waals surface area contributed by atoms with Gasteiger partial charge in [-0.25, -0.2) is 27.5 Å². The van der Waals surface area contributed by atoms with Crippen LogP contribution in [-0.2, 0) is 16.9 Å². The molecule has 0 fully saturated rings.